The second-order valence-corrected chi connectivity index (χ2v) is 3.60. The number of hydrogen-bond donors (Lipinski definition) is 0. The molecule has 0 aliphatic carbocycles. The molecule has 0 N–H and O–H groups in total. The van der Waals surface area contributed by atoms with Gasteiger partial charge >= 0.3 is 5.97 Å². The number of aromatic nitrogens is 3. The van der Waals surface area contributed by atoms with E-state index in [1.54, 1.807) is 24.7 Å². The third-order valence-corrected chi connectivity index (χ3v) is 2.49. The van der Waals surface area contributed by atoms with Gasteiger partial charge in [0.25, 0.3) is 0 Å². The van der Waals surface area contributed by atoms with E-state index in [1.165, 1.54) is 6.33 Å². The molecule has 2 aromatic heterocycles. The molecule has 0 unspecified atom stereocenters. The summed E-state index contributed by atoms with van der Waals surface area (Å²) >= 11 is 5.95. The molecule has 5 nitrogen and oxygen atoms in total. The summed E-state index contributed by atoms with van der Waals surface area (Å²) in [6, 6.07) is 0. The largest absolute Gasteiger partial charge is 0.462 e. The zero-order valence-corrected chi connectivity index (χ0v) is 9.65. The van der Waals surface area contributed by atoms with E-state index in [-0.39, 0.29) is 5.15 Å². The number of carbonyl (C=O) groups excluding carboxylic acids is 1. The van der Waals surface area contributed by atoms with E-state index < -0.39 is 5.97 Å². The van der Waals surface area contributed by atoms with Gasteiger partial charge in [0.15, 0.2) is 0 Å². The number of fused-ring (bicyclic) bond motifs is 1. The first-order valence-electron chi connectivity index (χ1n) is 4.77. The predicted octanol–water partition coefficient (Wildman–Crippen LogP) is 1.80. The van der Waals surface area contributed by atoms with Crippen molar-refractivity contribution in [3.63, 3.8) is 0 Å². The molecule has 2 rings (SSSR count). The van der Waals surface area contributed by atoms with Gasteiger partial charge in [-0.2, -0.15) is 0 Å². The van der Waals surface area contributed by atoms with Crippen molar-refractivity contribution in [3.05, 3.63) is 23.2 Å². The standard InChI is InChI=1S/C10H10ClN3O2/c1-3-16-10(15)6-4-14(2)9-7(6)8(11)12-5-13-9/h4-5H,3H2,1-2H3. The minimum atomic E-state index is -0.412. The molecular weight excluding hydrogens is 230 g/mol. The average Bonchev–Trinajstić information content (AvgIpc) is 2.58. The molecule has 2 heterocycles. The number of aryl methyl sites for hydroxylation is 1. The summed E-state index contributed by atoms with van der Waals surface area (Å²) in [4.78, 5) is 19.6. The van der Waals surface area contributed by atoms with Gasteiger partial charge in [0, 0.05) is 13.2 Å². The number of carbonyl (C=O) groups is 1. The Morgan fingerprint density at radius 3 is 3.00 bits per heavy atom. The van der Waals surface area contributed by atoms with Crippen LogP contribution in [0.3, 0.4) is 0 Å². The SMILES string of the molecule is CCOC(=O)c1cn(C)c2ncnc(Cl)c12. The maximum Gasteiger partial charge on any atom is 0.340 e. The number of halogens is 1. The Hall–Kier alpha value is -1.62. The Morgan fingerprint density at radius 1 is 1.56 bits per heavy atom. The van der Waals surface area contributed by atoms with E-state index >= 15 is 0 Å². The van der Waals surface area contributed by atoms with Crippen molar-refractivity contribution in [1.29, 1.82) is 0 Å². The van der Waals surface area contributed by atoms with Crippen LogP contribution in [-0.2, 0) is 11.8 Å². The van der Waals surface area contributed by atoms with Gasteiger partial charge in [-0.1, -0.05) is 11.6 Å². The number of hydrogen-bond acceptors (Lipinski definition) is 4. The molecule has 2 aromatic rings. The van der Waals surface area contributed by atoms with Crippen molar-refractivity contribution in [2.24, 2.45) is 7.05 Å². The molecule has 0 aliphatic heterocycles. The van der Waals surface area contributed by atoms with Crippen LogP contribution in [0.1, 0.15) is 17.3 Å². The third kappa shape index (κ3) is 1.63. The monoisotopic (exact) mass is 239 g/mol. The number of esters is 1. The van der Waals surface area contributed by atoms with Gasteiger partial charge < -0.3 is 9.30 Å². The minimum Gasteiger partial charge on any atom is -0.462 e. The van der Waals surface area contributed by atoms with Gasteiger partial charge in [0.05, 0.1) is 17.6 Å². The van der Waals surface area contributed by atoms with Crippen molar-refractivity contribution in [3.8, 4) is 0 Å². The lowest BCUT2D eigenvalue weighted by atomic mass is 10.2. The van der Waals surface area contributed by atoms with Crippen molar-refractivity contribution < 1.29 is 9.53 Å². The quantitative estimate of drug-likeness (QED) is 0.592. The first-order chi connectivity index (χ1) is 7.65. The highest BCUT2D eigenvalue weighted by Crippen LogP contribution is 2.25. The summed E-state index contributed by atoms with van der Waals surface area (Å²) in [6.07, 6.45) is 3.00. The maximum atomic E-state index is 11.7. The summed E-state index contributed by atoms with van der Waals surface area (Å²) in [7, 11) is 1.79. The van der Waals surface area contributed by atoms with Crippen LogP contribution in [0.4, 0.5) is 0 Å². The van der Waals surface area contributed by atoms with E-state index in [4.69, 9.17) is 16.3 Å². The normalized spacial score (nSPS) is 10.7. The third-order valence-electron chi connectivity index (χ3n) is 2.20. The molecule has 0 bridgehead atoms. The van der Waals surface area contributed by atoms with E-state index in [2.05, 4.69) is 9.97 Å². The van der Waals surface area contributed by atoms with Crippen molar-refractivity contribution in [1.82, 2.24) is 14.5 Å². The molecule has 0 aliphatic rings. The van der Waals surface area contributed by atoms with E-state index in [0.29, 0.717) is 23.2 Å². The summed E-state index contributed by atoms with van der Waals surface area (Å²) in [5.41, 5.74) is 1.01. The van der Waals surface area contributed by atoms with Crippen LogP contribution in [-0.4, -0.2) is 27.1 Å². The van der Waals surface area contributed by atoms with Gasteiger partial charge in [-0.15, -0.1) is 0 Å². The van der Waals surface area contributed by atoms with E-state index in [9.17, 15) is 4.79 Å². The molecule has 84 valence electrons. The summed E-state index contributed by atoms with van der Waals surface area (Å²) < 4.78 is 6.66. The molecule has 0 spiro atoms. The second-order valence-electron chi connectivity index (χ2n) is 3.24. The van der Waals surface area contributed by atoms with E-state index in [1.807, 2.05) is 0 Å². The molecule has 0 saturated heterocycles. The molecule has 0 aromatic carbocycles. The topological polar surface area (TPSA) is 57.0 Å². The van der Waals surface area contributed by atoms with Crippen LogP contribution >= 0.6 is 11.6 Å². The Balaban J connectivity index is 2.66. The Kier molecular flexibility index (Phi) is 2.78. The van der Waals surface area contributed by atoms with Crippen LogP contribution in [0.15, 0.2) is 12.5 Å². The molecule has 0 saturated carbocycles. The zero-order chi connectivity index (χ0) is 11.7. The molecule has 0 fully saturated rings. The lowest BCUT2D eigenvalue weighted by molar-refractivity contribution is 0.0528. The fourth-order valence-corrected chi connectivity index (χ4v) is 1.77. The molecule has 0 amide bonds. The average molecular weight is 240 g/mol. The lowest BCUT2D eigenvalue weighted by Gasteiger charge is -1.99. The van der Waals surface area contributed by atoms with Gasteiger partial charge in [-0.05, 0) is 6.92 Å². The van der Waals surface area contributed by atoms with E-state index in [0.717, 1.165) is 0 Å². The summed E-state index contributed by atoms with van der Waals surface area (Å²) in [5, 5.41) is 0.791. The van der Waals surface area contributed by atoms with Crippen LogP contribution in [0.25, 0.3) is 11.0 Å². The van der Waals surface area contributed by atoms with Crippen LogP contribution in [0.2, 0.25) is 5.15 Å². The first kappa shape index (κ1) is 10.9. The van der Waals surface area contributed by atoms with Crippen molar-refractivity contribution in [2.45, 2.75) is 6.92 Å². The van der Waals surface area contributed by atoms with Crippen LogP contribution in [0.5, 0.6) is 0 Å². The lowest BCUT2D eigenvalue weighted by Crippen LogP contribution is -2.04. The zero-order valence-electron chi connectivity index (χ0n) is 8.90. The molecule has 0 radical (unpaired) electrons. The Morgan fingerprint density at radius 2 is 2.31 bits per heavy atom. The van der Waals surface area contributed by atoms with Crippen molar-refractivity contribution in [2.75, 3.05) is 6.61 Å². The summed E-state index contributed by atoms with van der Waals surface area (Å²) in [5.74, 6) is -0.412. The van der Waals surface area contributed by atoms with Gasteiger partial charge in [0.2, 0.25) is 0 Å². The van der Waals surface area contributed by atoms with Crippen LogP contribution < -0.4 is 0 Å². The molecule has 0 atom stereocenters. The highest BCUT2D eigenvalue weighted by atomic mass is 35.5. The highest BCUT2D eigenvalue weighted by Gasteiger charge is 2.18. The fraction of sp³-hybridized carbons (Fsp3) is 0.300. The Labute approximate surface area is 97.0 Å². The van der Waals surface area contributed by atoms with Crippen LogP contribution in [0, 0.1) is 0 Å². The van der Waals surface area contributed by atoms with Crippen molar-refractivity contribution >= 4 is 28.6 Å². The molecular formula is C10H10ClN3O2. The Bertz CT molecular complexity index is 550. The second kappa shape index (κ2) is 4.09. The maximum absolute atomic E-state index is 11.7. The molecule has 6 heteroatoms. The smallest absolute Gasteiger partial charge is 0.340 e. The first-order valence-corrected chi connectivity index (χ1v) is 5.15. The highest BCUT2D eigenvalue weighted by molar-refractivity contribution is 6.35. The molecule has 16 heavy (non-hydrogen) atoms. The predicted molar refractivity (Wildman–Crippen MR) is 59.5 cm³/mol. The van der Waals surface area contributed by atoms with Gasteiger partial charge in [-0.3, -0.25) is 0 Å². The minimum absolute atomic E-state index is 0.258. The fourth-order valence-electron chi connectivity index (χ4n) is 1.54. The van der Waals surface area contributed by atoms with Gasteiger partial charge in [-0.25, -0.2) is 14.8 Å². The number of nitrogens with zero attached hydrogens (tertiary/aromatic N) is 3. The number of rotatable bonds is 2. The van der Waals surface area contributed by atoms with Gasteiger partial charge in [0.1, 0.15) is 17.1 Å². The summed E-state index contributed by atoms with van der Waals surface area (Å²) in [6.45, 7) is 2.07. The number of ether oxygens (including phenoxy) is 1.